The van der Waals surface area contributed by atoms with Crippen LogP contribution in [-0.2, 0) is 0 Å². The maximum absolute atomic E-state index is 4.26. The molecule has 0 saturated heterocycles. The monoisotopic (exact) mass is 206 g/mol. The van der Waals surface area contributed by atoms with Gasteiger partial charge in [0.05, 0.1) is 11.9 Å². The molecule has 0 bridgehead atoms. The third-order valence-corrected chi connectivity index (χ3v) is 1.97. The van der Waals surface area contributed by atoms with E-state index in [2.05, 4.69) is 25.5 Å². The van der Waals surface area contributed by atoms with Crippen LogP contribution in [0.15, 0.2) is 18.9 Å². The first-order valence-electron chi connectivity index (χ1n) is 5.53. The number of hydrogen-bond acceptors (Lipinski definition) is 1. The molecule has 0 spiro atoms. The van der Waals surface area contributed by atoms with E-state index in [0.29, 0.717) is 5.92 Å². The van der Waals surface area contributed by atoms with Gasteiger partial charge in [-0.05, 0) is 18.9 Å². The lowest BCUT2D eigenvalue weighted by molar-refractivity contribution is 0.860. The van der Waals surface area contributed by atoms with Crippen molar-refractivity contribution in [2.24, 2.45) is 0 Å². The first kappa shape index (κ1) is 13.7. The van der Waals surface area contributed by atoms with E-state index < -0.39 is 0 Å². The average molecular weight is 206 g/mol. The normalized spacial score (nSPS) is 10.3. The smallest absolute Gasteiger partial charge is 0.0690 e. The second-order valence-electron chi connectivity index (χ2n) is 3.27. The maximum atomic E-state index is 4.26. The van der Waals surface area contributed by atoms with Gasteiger partial charge in [0.25, 0.3) is 0 Å². The zero-order valence-electron chi connectivity index (χ0n) is 10.5. The summed E-state index contributed by atoms with van der Waals surface area (Å²) in [6, 6.07) is 0. The van der Waals surface area contributed by atoms with Crippen LogP contribution in [0.25, 0.3) is 12.3 Å². The molecule has 15 heavy (non-hydrogen) atoms. The van der Waals surface area contributed by atoms with Gasteiger partial charge in [-0.3, -0.25) is 0 Å². The minimum atomic E-state index is 0.493. The molecule has 0 aliphatic rings. The average Bonchev–Trinajstić information content (AvgIpc) is 2.64. The molecule has 1 rings (SSSR count). The van der Waals surface area contributed by atoms with Gasteiger partial charge < -0.3 is 0 Å². The van der Waals surface area contributed by atoms with Crippen molar-refractivity contribution >= 4 is 12.3 Å². The fraction of sp³-hybridized carbons (Fsp3) is 0.462. The number of aromatic nitrogens is 2. The highest BCUT2D eigenvalue weighted by molar-refractivity contribution is 5.51. The van der Waals surface area contributed by atoms with Crippen molar-refractivity contribution in [3.05, 3.63) is 30.1 Å². The second-order valence-corrected chi connectivity index (χ2v) is 3.27. The highest BCUT2D eigenvalue weighted by Gasteiger charge is 2.08. The minimum absolute atomic E-state index is 0.493. The highest BCUT2D eigenvalue weighted by Crippen LogP contribution is 2.19. The highest BCUT2D eigenvalue weighted by atomic mass is 15.3. The molecule has 1 aromatic rings. The zero-order valence-corrected chi connectivity index (χ0v) is 10.5. The largest absolute Gasteiger partial charge is 0.241 e. The summed E-state index contributed by atoms with van der Waals surface area (Å²) in [7, 11) is 0. The first-order chi connectivity index (χ1) is 7.20. The Kier molecular flexibility index (Phi) is 6.43. The zero-order chi connectivity index (χ0) is 11.8. The summed E-state index contributed by atoms with van der Waals surface area (Å²) in [5, 5.41) is 4.26. The summed E-state index contributed by atoms with van der Waals surface area (Å²) >= 11 is 0. The van der Waals surface area contributed by atoms with E-state index >= 15 is 0 Å². The van der Waals surface area contributed by atoms with Crippen LogP contribution in [0.2, 0.25) is 0 Å². The molecule has 0 aromatic carbocycles. The quantitative estimate of drug-likeness (QED) is 0.726. The Bertz CT molecular complexity index is 319. The van der Waals surface area contributed by atoms with Crippen LogP contribution in [0.1, 0.15) is 51.8 Å². The van der Waals surface area contributed by atoms with E-state index in [1.165, 1.54) is 5.56 Å². The Balaban J connectivity index is 0.000000921. The van der Waals surface area contributed by atoms with Gasteiger partial charge in [0.2, 0.25) is 0 Å². The van der Waals surface area contributed by atoms with Gasteiger partial charge >= 0.3 is 0 Å². The van der Waals surface area contributed by atoms with Gasteiger partial charge in [-0.2, -0.15) is 5.10 Å². The van der Waals surface area contributed by atoms with Crippen molar-refractivity contribution in [2.45, 2.75) is 40.5 Å². The third kappa shape index (κ3) is 3.39. The van der Waals surface area contributed by atoms with Crippen molar-refractivity contribution < 1.29 is 0 Å². The lowest BCUT2D eigenvalue weighted by atomic mass is 10.0. The van der Waals surface area contributed by atoms with Crippen LogP contribution in [0.5, 0.6) is 0 Å². The van der Waals surface area contributed by atoms with E-state index in [1.54, 1.807) is 0 Å². The molecule has 0 atom stereocenters. The van der Waals surface area contributed by atoms with Crippen LogP contribution in [0, 0.1) is 0 Å². The predicted molar refractivity (Wildman–Crippen MR) is 68.8 cm³/mol. The lowest BCUT2D eigenvalue weighted by Crippen LogP contribution is -1.94. The van der Waals surface area contributed by atoms with E-state index in [4.69, 9.17) is 0 Å². The van der Waals surface area contributed by atoms with Gasteiger partial charge in [0.15, 0.2) is 0 Å². The minimum Gasteiger partial charge on any atom is -0.241 e. The summed E-state index contributed by atoms with van der Waals surface area (Å²) in [6.07, 6.45) is 7.65. The van der Waals surface area contributed by atoms with Gasteiger partial charge in [-0.1, -0.05) is 40.3 Å². The van der Waals surface area contributed by atoms with Crippen LogP contribution < -0.4 is 0 Å². The topological polar surface area (TPSA) is 17.8 Å². The summed E-state index contributed by atoms with van der Waals surface area (Å²) in [5.41, 5.74) is 2.33. The molecule has 0 fully saturated rings. The molecular weight excluding hydrogens is 184 g/mol. The molecular formula is C13H22N2. The van der Waals surface area contributed by atoms with Gasteiger partial charge in [0.1, 0.15) is 0 Å². The molecule has 0 radical (unpaired) electrons. The molecule has 1 heterocycles. The number of allylic oxidation sites excluding steroid dienone is 1. The Morgan fingerprint density at radius 2 is 2.00 bits per heavy atom. The molecule has 0 amide bonds. The summed E-state index contributed by atoms with van der Waals surface area (Å²) in [4.78, 5) is 0. The predicted octanol–water partition coefficient (Wildman–Crippen LogP) is 4.17. The number of nitrogens with zero attached hydrogens (tertiary/aromatic N) is 2. The molecule has 2 nitrogen and oxygen atoms in total. The van der Waals surface area contributed by atoms with Crippen LogP contribution in [0.3, 0.4) is 0 Å². The SMILES string of the molecule is C=Cc1c(C(C)C)cnn1/C=C\C.CC. The van der Waals surface area contributed by atoms with E-state index in [9.17, 15) is 0 Å². The molecule has 0 saturated carbocycles. The lowest BCUT2D eigenvalue weighted by Gasteiger charge is -2.03. The van der Waals surface area contributed by atoms with Crippen molar-refractivity contribution in [1.82, 2.24) is 9.78 Å². The van der Waals surface area contributed by atoms with Crippen molar-refractivity contribution in [2.75, 3.05) is 0 Å². The van der Waals surface area contributed by atoms with E-state index in [-0.39, 0.29) is 0 Å². The van der Waals surface area contributed by atoms with E-state index in [1.807, 2.05) is 50.0 Å². The van der Waals surface area contributed by atoms with Crippen LogP contribution >= 0.6 is 0 Å². The number of hydrogen-bond donors (Lipinski definition) is 0. The van der Waals surface area contributed by atoms with Crippen molar-refractivity contribution in [3.63, 3.8) is 0 Å². The molecule has 0 aliphatic carbocycles. The summed E-state index contributed by atoms with van der Waals surface area (Å²) in [5.74, 6) is 0.493. The molecule has 84 valence electrons. The fourth-order valence-corrected chi connectivity index (χ4v) is 1.30. The number of rotatable bonds is 3. The fourth-order valence-electron chi connectivity index (χ4n) is 1.30. The van der Waals surface area contributed by atoms with Crippen molar-refractivity contribution in [3.8, 4) is 0 Å². The maximum Gasteiger partial charge on any atom is 0.0690 e. The molecule has 2 heteroatoms. The summed E-state index contributed by atoms with van der Waals surface area (Å²) < 4.78 is 1.85. The van der Waals surface area contributed by atoms with Gasteiger partial charge in [-0.15, -0.1) is 0 Å². The molecule has 0 unspecified atom stereocenters. The summed E-state index contributed by atoms with van der Waals surface area (Å²) in [6.45, 7) is 14.1. The Hall–Kier alpha value is -1.31. The molecule has 0 aliphatic heterocycles. The first-order valence-corrected chi connectivity index (χ1v) is 5.53. The van der Waals surface area contributed by atoms with Gasteiger partial charge in [-0.25, -0.2) is 4.68 Å². The Morgan fingerprint density at radius 3 is 2.40 bits per heavy atom. The standard InChI is InChI=1S/C11H16N2.C2H6/c1-5-7-13-11(6-2)10(8-12-13)9(3)4;1-2/h5-9H,2H2,1,3-4H3;1-2H3/b7-5-;. The van der Waals surface area contributed by atoms with Crippen molar-refractivity contribution in [1.29, 1.82) is 0 Å². The third-order valence-electron chi connectivity index (χ3n) is 1.97. The van der Waals surface area contributed by atoms with E-state index in [0.717, 1.165) is 5.69 Å². The molecule has 1 aromatic heterocycles. The molecule has 0 N–H and O–H groups in total. The second kappa shape index (κ2) is 7.04. The Labute approximate surface area is 93.3 Å². The Morgan fingerprint density at radius 1 is 1.40 bits per heavy atom. The van der Waals surface area contributed by atoms with Crippen LogP contribution in [-0.4, -0.2) is 9.78 Å². The van der Waals surface area contributed by atoms with Crippen LogP contribution in [0.4, 0.5) is 0 Å². The van der Waals surface area contributed by atoms with Gasteiger partial charge in [0, 0.05) is 11.8 Å².